The van der Waals surface area contributed by atoms with Crippen LogP contribution in [-0.4, -0.2) is 6.54 Å². The van der Waals surface area contributed by atoms with Gasteiger partial charge in [-0.25, -0.2) is 0 Å². The molecule has 1 aromatic rings. The second kappa shape index (κ2) is 2.81. The Bertz CT molecular complexity index is 331. The maximum Gasteiger partial charge on any atom is 0.0320 e. The molecule has 1 aliphatic rings. The van der Waals surface area contributed by atoms with Gasteiger partial charge in [0.25, 0.3) is 0 Å². The molecule has 0 radical (unpaired) electrons. The Kier molecular flexibility index (Phi) is 2.10. The third-order valence-corrected chi connectivity index (χ3v) is 5.36. The molecule has 3 heteroatoms. The summed E-state index contributed by atoms with van der Waals surface area (Å²) in [6.07, 6.45) is 1.22. The van der Waals surface area contributed by atoms with Gasteiger partial charge in [-0.2, -0.15) is 0 Å². The molecule has 1 unspecified atom stereocenters. The van der Waals surface area contributed by atoms with Crippen LogP contribution in [0.5, 0.6) is 0 Å². The summed E-state index contributed by atoms with van der Waals surface area (Å²) in [5.74, 6) is 0. The molecule has 72 valence electrons. The molecule has 1 aliphatic carbocycles. The van der Waals surface area contributed by atoms with Gasteiger partial charge in [-0.05, 0) is 39.2 Å². The van der Waals surface area contributed by atoms with Gasteiger partial charge in [0.15, 0.2) is 0 Å². The molecule has 1 heterocycles. The topological polar surface area (TPSA) is 26.0 Å². The molecule has 0 aliphatic heterocycles. The van der Waals surface area contributed by atoms with Crippen LogP contribution < -0.4 is 5.73 Å². The van der Waals surface area contributed by atoms with Crippen LogP contribution in [0, 0.1) is 5.41 Å². The molecule has 1 saturated carbocycles. The Morgan fingerprint density at radius 2 is 2.23 bits per heavy atom. The zero-order chi connectivity index (χ0) is 9.69. The van der Waals surface area contributed by atoms with E-state index >= 15 is 0 Å². The SMILES string of the molecule is CC1(C)CC1(CN)c1sccc1Br. The zero-order valence-electron chi connectivity index (χ0n) is 7.93. The van der Waals surface area contributed by atoms with Crippen LogP contribution in [0.1, 0.15) is 25.1 Å². The van der Waals surface area contributed by atoms with E-state index in [1.807, 2.05) is 11.3 Å². The lowest BCUT2D eigenvalue weighted by Gasteiger charge is -2.17. The highest BCUT2D eigenvalue weighted by Crippen LogP contribution is 2.65. The predicted octanol–water partition coefficient (Wildman–Crippen LogP) is 3.14. The van der Waals surface area contributed by atoms with Gasteiger partial charge in [0.1, 0.15) is 0 Å². The van der Waals surface area contributed by atoms with Crippen molar-refractivity contribution in [2.45, 2.75) is 25.7 Å². The van der Waals surface area contributed by atoms with Crippen LogP contribution >= 0.6 is 27.3 Å². The Balaban J connectivity index is 2.41. The zero-order valence-corrected chi connectivity index (χ0v) is 10.3. The van der Waals surface area contributed by atoms with Crippen LogP contribution in [0.2, 0.25) is 0 Å². The number of hydrogen-bond donors (Lipinski definition) is 1. The van der Waals surface area contributed by atoms with E-state index < -0.39 is 0 Å². The van der Waals surface area contributed by atoms with Crippen molar-refractivity contribution in [1.29, 1.82) is 0 Å². The fourth-order valence-electron chi connectivity index (χ4n) is 2.17. The minimum absolute atomic E-state index is 0.250. The van der Waals surface area contributed by atoms with E-state index in [4.69, 9.17) is 5.73 Å². The third-order valence-electron chi connectivity index (χ3n) is 3.31. The lowest BCUT2D eigenvalue weighted by Crippen LogP contribution is -2.24. The van der Waals surface area contributed by atoms with Crippen molar-refractivity contribution < 1.29 is 0 Å². The highest BCUT2D eigenvalue weighted by Gasteiger charge is 2.62. The normalized spacial score (nSPS) is 30.5. The molecule has 1 aromatic heterocycles. The summed E-state index contributed by atoms with van der Waals surface area (Å²) in [7, 11) is 0. The molecular formula is C10H14BrNS. The Morgan fingerprint density at radius 3 is 2.54 bits per heavy atom. The number of halogens is 1. The van der Waals surface area contributed by atoms with E-state index in [0.29, 0.717) is 5.41 Å². The average Bonchev–Trinajstić information content (AvgIpc) is 2.43. The highest BCUT2D eigenvalue weighted by molar-refractivity contribution is 9.10. The van der Waals surface area contributed by atoms with E-state index in [-0.39, 0.29) is 5.41 Å². The fourth-order valence-corrected chi connectivity index (χ4v) is 4.32. The summed E-state index contributed by atoms with van der Waals surface area (Å²) in [4.78, 5) is 1.43. The molecule has 13 heavy (non-hydrogen) atoms. The van der Waals surface area contributed by atoms with Gasteiger partial charge in [-0.3, -0.25) is 0 Å². The molecule has 0 aromatic carbocycles. The molecule has 0 saturated heterocycles. The van der Waals surface area contributed by atoms with Crippen molar-refractivity contribution in [1.82, 2.24) is 0 Å². The first-order valence-electron chi connectivity index (χ1n) is 4.47. The van der Waals surface area contributed by atoms with Gasteiger partial charge in [-0.1, -0.05) is 13.8 Å². The summed E-state index contributed by atoms with van der Waals surface area (Å²) >= 11 is 5.41. The lowest BCUT2D eigenvalue weighted by atomic mass is 9.94. The van der Waals surface area contributed by atoms with E-state index in [0.717, 1.165) is 6.54 Å². The van der Waals surface area contributed by atoms with Crippen molar-refractivity contribution in [3.05, 3.63) is 20.8 Å². The quantitative estimate of drug-likeness (QED) is 0.868. The van der Waals surface area contributed by atoms with Gasteiger partial charge in [0.2, 0.25) is 0 Å². The molecular weight excluding hydrogens is 246 g/mol. The molecule has 1 atom stereocenters. The number of thiophene rings is 1. The molecule has 1 fully saturated rings. The first kappa shape index (κ1) is 9.69. The van der Waals surface area contributed by atoms with Crippen LogP contribution in [0.15, 0.2) is 15.9 Å². The maximum absolute atomic E-state index is 5.89. The Labute approximate surface area is 91.5 Å². The second-order valence-corrected chi connectivity index (χ2v) is 6.22. The maximum atomic E-state index is 5.89. The standard InChI is InChI=1S/C10H14BrNS/c1-9(2)5-10(9,6-12)8-7(11)3-4-13-8/h3-4H,5-6,12H2,1-2H3. The van der Waals surface area contributed by atoms with Crippen molar-refractivity contribution in [2.75, 3.05) is 6.54 Å². The number of rotatable bonds is 2. The minimum atomic E-state index is 0.250. The van der Waals surface area contributed by atoms with Crippen molar-refractivity contribution in [3.8, 4) is 0 Å². The van der Waals surface area contributed by atoms with Gasteiger partial charge in [0, 0.05) is 21.3 Å². The van der Waals surface area contributed by atoms with E-state index in [9.17, 15) is 0 Å². The molecule has 1 nitrogen and oxygen atoms in total. The van der Waals surface area contributed by atoms with Crippen LogP contribution in [0.25, 0.3) is 0 Å². The minimum Gasteiger partial charge on any atom is -0.330 e. The van der Waals surface area contributed by atoms with Crippen LogP contribution in [-0.2, 0) is 5.41 Å². The van der Waals surface area contributed by atoms with Crippen molar-refractivity contribution in [2.24, 2.45) is 11.1 Å². The second-order valence-electron chi connectivity index (χ2n) is 4.44. The van der Waals surface area contributed by atoms with E-state index in [1.54, 1.807) is 0 Å². The van der Waals surface area contributed by atoms with Crippen LogP contribution in [0.3, 0.4) is 0 Å². The molecule has 0 amide bonds. The third kappa shape index (κ3) is 1.21. The van der Waals surface area contributed by atoms with Gasteiger partial charge in [0.05, 0.1) is 0 Å². The summed E-state index contributed by atoms with van der Waals surface area (Å²) < 4.78 is 1.23. The van der Waals surface area contributed by atoms with E-state index in [1.165, 1.54) is 15.8 Å². The summed E-state index contributed by atoms with van der Waals surface area (Å²) in [6, 6.07) is 2.12. The lowest BCUT2D eigenvalue weighted by molar-refractivity contribution is 0.508. The molecule has 2 rings (SSSR count). The van der Waals surface area contributed by atoms with Gasteiger partial charge >= 0.3 is 0 Å². The summed E-state index contributed by atoms with van der Waals surface area (Å²) in [5, 5.41) is 2.13. The Morgan fingerprint density at radius 1 is 1.62 bits per heavy atom. The highest BCUT2D eigenvalue weighted by atomic mass is 79.9. The molecule has 0 bridgehead atoms. The summed E-state index contributed by atoms with van der Waals surface area (Å²) in [6.45, 7) is 5.36. The average molecular weight is 260 g/mol. The molecule has 0 spiro atoms. The monoisotopic (exact) mass is 259 g/mol. The van der Waals surface area contributed by atoms with E-state index in [2.05, 4.69) is 41.2 Å². The first-order valence-corrected chi connectivity index (χ1v) is 6.14. The smallest absolute Gasteiger partial charge is 0.0320 e. The van der Waals surface area contributed by atoms with Crippen molar-refractivity contribution >= 4 is 27.3 Å². The van der Waals surface area contributed by atoms with Crippen molar-refractivity contribution in [3.63, 3.8) is 0 Å². The summed E-state index contributed by atoms with van der Waals surface area (Å²) in [5.41, 5.74) is 6.52. The number of hydrogen-bond acceptors (Lipinski definition) is 2. The fraction of sp³-hybridized carbons (Fsp3) is 0.600. The van der Waals surface area contributed by atoms with Gasteiger partial charge in [-0.15, -0.1) is 11.3 Å². The van der Waals surface area contributed by atoms with Crippen LogP contribution in [0.4, 0.5) is 0 Å². The van der Waals surface area contributed by atoms with Gasteiger partial charge < -0.3 is 5.73 Å². The molecule has 2 N–H and O–H groups in total. The first-order chi connectivity index (χ1) is 6.03. The predicted molar refractivity (Wildman–Crippen MR) is 61.1 cm³/mol. The largest absolute Gasteiger partial charge is 0.330 e. The number of nitrogens with two attached hydrogens (primary N) is 1. The Hall–Kier alpha value is 0.140.